The van der Waals surface area contributed by atoms with Crippen molar-refractivity contribution in [3.63, 3.8) is 0 Å². The average molecular weight is 340 g/mol. The maximum Gasteiger partial charge on any atom is 0.146 e. The van der Waals surface area contributed by atoms with Gasteiger partial charge in [0.2, 0.25) is 0 Å². The highest BCUT2D eigenvalue weighted by molar-refractivity contribution is 9.08. The SMILES string of the molecule is CC(C)c1ccc(Oc2ccc(CBr)cc2Cl)cc1. The van der Waals surface area contributed by atoms with Crippen LogP contribution >= 0.6 is 27.5 Å². The van der Waals surface area contributed by atoms with Crippen LogP contribution in [0.2, 0.25) is 5.02 Å². The van der Waals surface area contributed by atoms with Gasteiger partial charge in [-0.3, -0.25) is 0 Å². The molecule has 0 spiro atoms. The molecule has 0 aliphatic heterocycles. The van der Waals surface area contributed by atoms with E-state index in [1.165, 1.54) is 5.56 Å². The Balaban J connectivity index is 2.16. The Morgan fingerprint density at radius 3 is 2.32 bits per heavy atom. The van der Waals surface area contributed by atoms with Crippen LogP contribution < -0.4 is 4.74 Å². The first kappa shape index (κ1) is 14.4. The summed E-state index contributed by atoms with van der Waals surface area (Å²) in [7, 11) is 0. The van der Waals surface area contributed by atoms with E-state index in [4.69, 9.17) is 16.3 Å². The number of alkyl halides is 1. The zero-order chi connectivity index (χ0) is 13.8. The first-order valence-electron chi connectivity index (χ1n) is 6.22. The molecule has 3 heteroatoms. The van der Waals surface area contributed by atoms with Gasteiger partial charge in [-0.15, -0.1) is 0 Å². The van der Waals surface area contributed by atoms with Gasteiger partial charge in [0.25, 0.3) is 0 Å². The molecule has 1 nitrogen and oxygen atoms in total. The molecule has 0 aliphatic rings. The predicted octanol–water partition coefficient (Wildman–Crippen LogP) is 6.15. The van der Waals surface area contributed by atoms with E-state index in [-0.39, 0.29) is 0 Å². The third-order valence-corrected chi connectivity index (χ3v) is 3.87. The fourth-order valence-electron chi connectivity index (χ4n) is 1.76. The van der Waals surface area contributed by atoms with E-state index in [1.807, 2.05) is 30.3 Å². The number of rotatable bonds is 4. The lowest BCUT2D eigenvalue weighted by atomic mass is 10.0. The minimum absolute atomic E-state index is 0.524. The Hall–Kier alpha value is -0.990. The number of halogens is 2. The molecule has 2 rings (SSSR count). The largest absolute Gasteiger partial charge is 0.456 e. The Morgan fingerprint density at radius 2 is 1.79 bits per heavy atom. The third kappa shape index (κ3) is 3.74. The van der Waals surface area contributed by atoms with E-state index < -0.39 is 0 Å². The lowest BCUT2D eigenvalue weighted by Crippen LogP contribution is -1.89. The van der Waals surface area contributed by atoms with Gasteiger partial charge in [-0.1, -0.05) is 59.6 Å². The lowest BCUT2D eigenvalue weighted by molar-refractivity contribution is 0.482. The topological polar surface area (TPSA) is 9.23 Å². The third-order valence-electron chi connectivity index (χ3n) is 2.93. The minimum atomic E-state index is 0.524. The van der Waals surface area contributed by atoms with Crippen molar-refractivity contribution in [1.29, 1.82) is 0 Å². The second kappa shape index (κ2) is 6.44. The molecule has 0 heterocycles. The standard InChI is InChI=1S/C16H16BrClO/c1-11(2)13-4-6-14(7-5-13)19-16-8-3-12(10-17)9-15(16)18/h3-9,11H,10H2,1-2H3. The summed E-state index contributed by atoms with van der Waals surface area (Å²) in [4.78, 5) is 0. The van der Waals surface area contributed by atoms with Crippen molar-refractivity contribution in [1.82, 2.24) is 0 Å². The molecule has 0 saturated heterocycles. The van der Waals surface area contributed by atoms with Crippen molar-refractivity contribution in [2.75, 3.05) is 0 Å². The van der Waals surface area contributed by atoms with Crippen molar-refractivity contribution in [2.24, 2.45) is 0 Å². The molecule has 0 atom stereocenters. The summed E-state index contributed by atoms with van der Waals surface area (Å²) in [5, 5.41) is 1.42. The van der Waals surface area contributed by atoms with Crippen LogP contribution in [0.3, 0.4) is 0 Å². The van der Waals surface area contributed by atoms with Crippen LogP contribution in [0.15, 0.2) is 42.5 Å². The monoisotopic (exact) mass is 338 g/mol. The predicted molar refractivity (Wildman–Crippen MR) is 84.7 cm³/mol. The number of hydrogen-bond donors (Lipinski definition) is 0. The molecule has 0 bridgehead atoms. The highest BCUT2D eigenvalue weighted by Crippen LogP contribution is 2.31. The average Bonchev–Trinajstić information content (AvgIpc) is 2.41. The van der Waals surface area contributed by atoms with Crippen LogP contribution in [-0.2, 0) is 5.33 Å². The molecule has 0 aliphatic carbocycles. The van der Waals surface area contributed by atoms with Crippen LogP contribution in [0.5, 0.6) is 11.5 Å². The summed E-state index contributed by atoms with van der Waals surface area (Å²) in [6.45, 7) is 4.34. The summed E-state index contributed by atoms with van der Waals surface area (Å²) < 4.78 is 5.80. The first-order chi connectivity index (χ1) is 9.10. The van der Waals surface area contributed by atoms with Gasteiger partial charge in [0.15, 0.2) is 0 Å². The smallest absolute Gasteiger partial charge is 0.146 e. The zero-order valence-electron chi connectivity index (χ0n) is 11.0. The molecule has 100 valence electrons. The molecular weight excluding hydrogens is 324 g/mol. The van der Waals surface area contributed by atoms with E-state index >= 15 is 0 Å². The molecule has 2 aromatic carbocycles. The number of ether oxygens (including phenoxy) is 1. The van der Waals surface area contributed by atoms with Crippen molar-refractivity contribution in [3.05, 3.63) is 58.6 Å². The summed E-state index contributed by atoms with van der Waals surface area (Å²) in [5.74, 6) is 2.01. The molecule has 0 fully saturated rings. The van der Waals surface area contributed by atoms with Crippen LogP contribution in [0, 0.1) is 0 Å². The quantitative estimate of drug-likeness (QED) is 0.607. The van der Waals surface area contributed by atoms with E-state index in [2.05, 4.69) is 41.9 Å². The van der Waals surface area contributed by atoms with Crippen LogP contribution in [0.25, 0.3) is 0 Å². The van der Waals surface area contributed by atoms with E-state index in [9.17, 15) is 0 Å². The summed E-state index contributed by atoms with van der Waals surface area (Å²) >= 11 is 9.60. The highest BCUT2D eigenvalue weighted by atomic mass is 79.9. The summed E-state index contributed by atoms with van der Waals surface area (Å²) in [6.07, 6.45) is 0. The second-order valence-corrected chi connectivity index (χ2v) is 5.69. The Labute approximate surface area is 127 Å². The molecular formula is C16H16BrClO. The van der Waals surface area contributed by atoms with Gasteiger partial charge in [-0.2, -0.15) is 0 Å². The number of benzene rings is 2. The highest BCUT2D eigenvalue weighted by Gasteiger charge is 2.05. The van der Waals surface area contributed by atoms with Gasteiger partial charge in [-0.05, 0) is 41.3 Å². The first-order valence-corrected chi connectivity index (χ1v) is 7.72. The minimum Gasteiger partial charge on any atom is -0.456 e. The second-order valence-electron chi connectivity index (χ2n) is 4.72. The fourth-order valence-corrected chi connectivity index (χ4v) is 2.35. The molecule has 0 radical (unpaired) electrons. The Kier molecular flexibility index (Phi) is 4.89. The fraction of sp³-hybridized carbons (Fsp3) is 0.250. The molecule has 2 aromatic rings. The van der Waals surface area contributed by atoms with E-state index in [0.717, 1.165) is 16.6 Å². The molecule has 19 heavy (non-hydrogen) atoms. The van der Waals surface area contributed by atoms with Gasteiger partial charge in [0, 0.05) is 5.33 Å². The lowest BCUT2D eigenvalue weighted by Gasteiger charge is -2.10. The van der Waals surface area contributed by atoms with Crippen molar-refractivity contribution in [3.8, 4) is 11.5 Å². The van der Waals surface area contributed by atoms with Crippen molar-refractivity contribution in [2.45, 2.75) is 25.1 Å². The molecule has 0 amide bonds. The molecule has 0 unspecified atom stereocenters. The van der Waals surface area contributed by atoms with Gasteiger partial charge in [0.1, 0.15) is 11.5 Å². The van der Waals surface area contributed by atoms with Gasteiger partial charge >= 0.3 is 0 Å². The maximum absolute atomic E-state index is 6.19. The molecule has 0 aromatic heterocycles. The van der Waals surface area contributed by atoms with Crippen LogP contribution in [-0.4, -0.2) is 0 Å². The Bertz CT molecular complexity index is 549. The molecule has 0 saturated carbocycles. The number of hydrogen-bond acceptors (Lipinski definition) is 1. The zero-order valence-corrected chi connectivity index (χ0v) is 13.3. The van der Waals surface area contributed by atoms with E-state index in [0.29, 0.717) is 16.7 Å². The van der Waals surface area contributed by atoms with Gasteiger partial charge in [-0.25, -0.2) is 0 Å². The van der Waals surface area contributed by atoms with Gasteiger partial charge < -0.3 is 4.74 Å². The normalized spacial score (nSPS) is 10.8. The van der Waals surface area contributed by atoms with Crippen LogP contribution in [0.1, 0.15) is 30.9 Å². The Morgan fingerprint density at radius 1 is 1.11 bits per heavy atom. The summed E-state index contributed by atoms with van der Waals surface area (Å²) in [6, 6.07) is 13.9. The van der Waals surface area contributed by atoms with Crippen LogP contribution in [0.4, 0.5) is 0 Å². The molecule has 0 N–H and O–H groups in total. The van der Waals surface area contributed by atoms with E-state index in [1.54, 1.807) is 0 Å². The van der Waals surface area contributed by atoms with Gasteiger partial charge in [0.05, 0.1) is 5.02 Å². The summed E-state index contributed by atoms with van der Waals surface area (Å²) in [5.41, 5.74) is 2.43. The maximum atomic E-state index is 6.19. The van der Waals surface area contributed by atoms with Crippen molar-refractivity contribution >= 4 is 27.5 Å². The van der Waals surface area contributed by atoms with Crippen molar-refractivity contribution < 1.29 is 4.74 Å².